The molecule has 2 aliphatic heterocycles. The molecule has 0 spiro atoms. The highest BCUT2D eigenvalue weighted by Gasteiger charge is 2.38. The number of rotatable bonds is 3. The summed E-state index contributed by atoms with van der Waals surface area (Å²) in [6, 6.07) is 0.681. The van der Waals surface area contributed by atoms with Crippen LogP contribution in [-0.4, -0.2) is 37.0 Å². The van der Waals surface area contributed by atoms with Gasteiger partial charge < -0.3 is 10.2 Å². The molecule has 3 nitrogen and oxygen atoms in total. The molecule has 1 aliphatic carbocycles. The average molecular weight is 208 g/mol. The van der Waals surface area contributed by atoms with Crippen LogP contribution in [0.2, 0.25) is 0 Å². The third-order valence-corrected chi connectivity index (χ3v) is 3.89. The first-order valence-corrected chi connectivity index (χ1v) is 5.81. The maximum absolute atomic E-state index is 11.1. The molecule has 2 saturated heterocycles. The zero-order valence-electron chi connectivity index (χ0n) is 9.41. The van der Waals surface area contributed by atoms with E-state index in [-0.39, 0.29) is 5.91 Å². The fourth-order valence-electron chi connectivity index (χ4n) is 3.16. The monoisotopic (exact) mass is 208 g/mol. The van der Waals surface area contributed by atoms with Gasteiger partial charge in [0.05, 0.1) is 0 Å². The van der Waals surface area contributed by atoms with Crippen LogP contribution in [-0.2, 0) is 4.79 Å². The summed E-state index contributed by atoms with van der Waals surface area (Å²) < 4.78 is 0. The number of fused-ring (bicyclic) bond motifs is 3. The van der Waals surface area contributed by atoms with Gasteiger partial charge in [-0.05, 0) is 44.2 Å². The predicted octanol–water partition coefficient (Wildman–Crippen LogP) is 1.02. The smallest absolute Gasteiger partial charge is 0.243 e. The second-order valence-electron chi connectivity index (χ2n) is 4.90. The predicted molar refractivity (Wildman–Crippen MR) is 60.5 cm³/mol. The zero-order chi connectivity index (χ0) is 10.8. The van der Waals surface area contributed by atoms with Gasteiger partial charge in [-0.25, -0.2) is 0 Å². The molecule has 3 unspecified atom stereocenters. The molecule has 3 rings (SSSR count). The van der Waals surface area contributed by atoms with Gasteiger partial charge in [0.1, 0.15) is 0 Å². The Morgan fingerprint density at radius 2 is 2.40 bits per heavy atom. The third-order valence-electron chi connectivity index (χ3n) is 3.89. The Morgan fingerprint density at radius 1 is 1.60 bits per heavy atom. The number of carbonyl (C=O) groups is 1. The van der Waals surface area contributed by atoms with Crippen molar-refractivity contribution >= 4 is 5.91 Å². The third kappa shape index (κ3) is 2.23. The molecule has 84 valence electrons. The molecule has 2 bridgehead atoms. The van der Waals surface area contributed by atoms with Crippen molar-refractivity contribution in [3.8, 4) is 0 Å². The fraction of sp³-hybridized carbons (Fsp3) is 0.750. The second-order valence-corrected chi connectivity index (χ2v) is 4.90. The molecular weight excluding hydrogens is 188 g/mol. The minimum absolute atomic E-state index is 0.0425. The Balaban J connectivity index is 1.88. The lowest BCUT2D eigenvalue weighted by Crippen LogP contribution is -2.53. The molecule has 3 atom stereocenters. The maximum Gasteiger partial charge on any atom is 0.243 e. The maximum atomic E-state index is 11.1. The number of piperidine rings is 2. The lowest BCUT2D eigenvalue weighted by atomic mass is 9.73. The minimum atomic E-state index is -0.0425. The van der Waals surface area contributed by atoms with Gasteiger partial charge in [-0.2, -0.15) is 0 Å². The summed E-state index contributed by atoms with van der Waals surface area (Å²) in [6.07, 6.45) is 5.31. The van der Waals surface area contributed by atoms with Crippen LogP contribution in [0.3, 0.4) is 0 Å². The van der Waals surface area contributed by atoms with Crippen LogP contribution >= 0.6 is 0 Å². The fourth-order valence-corrected chi connectivity index (χ4v) is 3.16. The molecule has 3 aliphatic rings. The molecule has 15 heavy (non-hydrogen) atoms. The van der Waals surface area contributed by atoms with Crippen LogP contribution in [0.25, 0.3) is 0 Å². The summed E-state index contributed by atoms with van der Waals surface area (Å²) in [6.45, 7) is 5.53. The summed E-state index contributed by atoms with van der Waals surface area (Å²) >= 11 is 0. The topological polar surface area (TPSA) is 32.3 Å². The number of carbonyl (C=O) groups excluding carboxylic acids is 1. The summed E-state index contributed by atoms with van der Waals surface area (Å²) in [5, 5.41) is 2.92. The minimum Gasteiger partial charge on any atom is -0.352 e. The van der Waals surface area contributed by atoms with Gasteiger partial charge in [0, 0.05) is 19.1 Å². The van der Waals surface area contributed by atoms with Crippen LogP contribution in [0.1, 0.15) is 19.3 Å². The molecule has 1 amide bonds. The van der Waals surface area contributed by atoms with E-state index in [0.29, 0.717) is 12.0 Å². The van der Waals surface area contributed by atoms with Gasteiger partial charge >= 0.3 is 0 Å². The number of hydrogen-bond donors (Lipinski definition) is 1. The molecule has 0 aromatic rings. The first-order valence-electron chi connectivity index (χ1n) is 5.81. The van der Waals surface area contributed by atoms with Gasteiger partial charge in [0.25, 0.3) is 0 Å². The highest BCUT2D eigenvalue weighted by Crippen LogP contribution is 2.37. The molecule has 0 aromatic carbocycles. The van der Waals surface area contributed by atoms with E-state index >= 15 is 0 Å². The van der Waals surface area contributed by atoms with E-state index in [1.165, 1.54) is 31.9 Å². The van der Waals surface area contributed by atoms with Crippen molar-refractivity contribution in [2.24, 2.45) is 11.8 Å². The summed E-state index contributed by atoms with van der Waals surface area (Å²) in [7, 11) is 2.21. The summed E-state index contributed by atoms with van der Waals surface area (Å²) in [5.74, 6) is 1.45. The number of amides is 1. The number of hydrogen-bond acceptors (Lipinski definition) is 2. The first-order chi connectivity index (χ1) is 7.20. The second kappa shape index (κ2) is 4.35. The van der Waals surface area contributed by atoms with E-state index in [4.69, 9.17) is 0 Å². The normalized spacial score (nSPS) is 35.1. The SMILES string of the molecule is C=CC(=O)NCC1CC2CCC1N(C)C2. The standard InChI is InChI=1S/C12H20N2O/c1-3-12(15)13-7-10-6-9-4-5-11(10)14(2)8-9/h3,9-11H,1,4-8H2,2H3,(H,13,15). The van der Waals surface area contributed by atoms with Gasteiger partial charge in [0.2, 0.25) is 5.91 Å². The van der Waals surface area contributed by atoms with Crippen molar-refractivity contribution in [1.82, 2.24) is 10.2 Å². The molecular formula is C12H20N2O. The molecule has 3 fully saturated rings. The van der Waals surface area contributed by atoms with E-state index < -0.39 is 0 Å². The summed E-state index contributed by atoms with van der Waals surface area (Å²) in [4.78, 5) is 13.6. The van der Waals surface area contributed by atoms with Crippen LogP contribution in [0.15, 0.2) is 12.7 Å². The van der Waals surface area contributed by atoms with Gasteiger partial charge in [0.15, 0.2) is 0 Å². The Hall–Kier alpha value is -0.830. The Bertz CT molecular complexity index is 264. The molecule has 0 aromatic heterocycles. The van der Waals surface area contributed by atoms with E-state index in [9.17, 15) is 4.79 Å². The summed E-state index contributed by atoms with van der Waals surface area (Å²) in [5.41, 5.74) is 0. The van der Waals surface area contributed by atoms with E-state index in [1.807, 2.05) is 0 Å². The van der Waals surface area contributed by atoms with Crippen LogP contribution in [0, 0.1) is 11.8 Å². The Labute approximate surface area is 91.5 Å². The first kappa shape index (κ1) is 10.7. The van der Waals surface area contributed by atoms with Crippen molar-refractivity contribution in [2.45, 2.75) is 25.3 Å². The van der Waals surface area contributed by atoms with Crippen LogP contribution < -0.4 is 5.32 Å². The highest BCUT2D eigenvalue weighted by molar-refractivity contribution is 5.86. The van der Waals surface area contributed by atoms with Crippen molar-refractivity contribution in [3.63, 3.8) is 0 Å². The number of nitrogens with one attached hydrogen (secondary N) is 1. The number of nitrogens with zero attached hydrogens (tertiary/aromatic N) is 1. The van der Waals surface area contributed by atoms with Gasteiger partial charge in [-0.3, -0.25) is 4.79 Å². The van der Waals surface area contributed by atoms with E-state index in [1.54, 1.807) is 0 Å². The van der Waals surface area contributed by atoms with Crippen molar-refractivity contribution in [3.05, 3.63) is 12.7 Å². The molecule has 1 N–H and O–H groups in total. The average Bonchev–Trinajstić information content (AvgIpc) is 2.26. The van der Waals surface area contributed by atoms with Crippen LogP contribution in [0.4, 0.5) is 0 Å². The van der Waals surface area contributed by atoms with Gasteiger partial charge in [-0.1, -0.05) is 6.58 Å². The van der Waals surface area contributed by atoms with Crippen LogP contribution in [0.5, 0.6) is 0 Å². The van der Waals surface area contributed by atoms with E-state index in [2.05, 4.69) is 23.8 Å². The largest absolute Gasteiger partial charge is 0.352 e. The molecule has 0 radical (unpaired) electrons. The zero-order valence-corrected chi connectivity index (χ0v) is 9.41. The molecule has 2 heterocycles. The van der Waals surface area contributed by atoms with Crippen molar-refractivity contribution < 1.29 is 4.79 Å². The van der Waals surface area contributed by atoms with E-state index in [0.717, 1.165) is 12.5 Å². The van der Waals surface area contributed by atoms with Crippen molar-refractivity contribution in [2.75, 3.05) is 20.1 Å². The molecule has 3 heteroatoms. The molecule has 1 saturated carbocycles. The highest BCUT2D eigenvalue weighted by atomic mass is 16.1. The lowest BCUT2D eigenvalue weighted by Gasteiger charge is -2.48. The van der Waals surface area contributed by atoms with Crippen molar-refractivity contribution in [1.29, 1.82) is 0 Å². The Kier molecular flexibility index (Phi) is 3.10. The quantitative estimate of drug-likeness (QED) is 0.702. The van der Waals surface area contributed by atoms with Gasteiger partial charge in [-0.15, -0.1) is 0 Å². The Morgan fingerprint density at radius 3 is 3.00 bits per heavy atom. The lowest BCUT2D eigenvalue weighted by molar-refractivity contribution is -0.117.